The average Bonchev–Trinajstić information content (AvgIpc) is 2.70. The number of carbonyl (C=O) groups excluding carboxylic acids is 1. The fourth-order valence-corrected chi connectivity index (χ4v) is 3.58. The highest BCUT2D eigenvalue weighted by molar-refractivity contribution is 5.94. The number of aromatic nitrogens is 3. The summed E-state index contributed by atoms with van der Waals surface area (Å²) >= 11 is 0. The molecule has 0 radical (unpaired) electrons. The third-order valence-electron chi connectivity index (χ3n) is 5.01. The fourth-order valence-electron chi connectivity index (χ4n) is 3.58. The highest BCUT2D eigenvalue weighted by atomic mass is 19.1. The van der Waals surface area contributed by atoms with E-state index in [0.29, 0.717) is 44.3 Å². The molecule has 136 valence electrons. The molecular formula is C18H20FN5O2. The average molecular weight is 357 g/mol. The molecule has 0 bridgehead atoms. The number of pyridine rings is 1. The first-order valence-corrected chi connectivity index (χ1v) is 8.71. The van der Waals surface area contributed by atoms with Crippen molar-refractivity contribution < 1.29 is 13.9 Å². The number of carbonyl (C=O) groups is 1. The van der Waals surface area contributed by atoms with Gasteiger partial charge in [0.15, 0.2) is 5.82 Å². The van der Waals surface area contributed by atoms with Crippen molar-refractivity contribution in [1.82, 2.24) is 19.9 Å². The van der Waals surface area contributed by atoms with Gasteiger partial charge >= 0.3 is 0 Å². The molecule has 0 saturated carbocycles. The first-order valence-electron chi connectivity index (χ1n) is 8.71. The van der Waals surface area contributed by atoms with E-state index in [1.165, 1.54) is 12.4 Å². The molecule has 26 heavy (non-hydrogen) atoms. The van der Waals surface area contributed by atoms with E-state index in [-0.39, 0.29) is 11.5 Å². The third-order valence-corrected chi connectivity index (χ3v) is 5.01. The second-order valence-corrected chi connectivity index (χ2v) is 6.69. The van der Waals surface area contributed by atoms with Crippen LogP contribution in [0, 0.1) is 5.82 Å². The van der Waals surface area contributed by atoms with Gasteiger partial charge in [-0.2, -0.15) is 0 Å². The second-order valence-electron chi connectivity index (χ2n) is 6.69. The lowest BCUT2D eigenvalue weighted by Gasteiger charge is -2.47. The number of hydrogen-bond acceptors (Lipinski definition) is 6. The molecule has 2 aliphatic heterocycles. The van der Waals surface area contributed by atoms with Crippen LogP contribution in [0.15, 0.2) is 36.9 Å². The maximum absolute atomic E-state index is 13.0. The topological polar surface area (TPSA) is 71.5 Å². The van der Waals surface area contributed by atoms with Crippen molar-refractivity contribution in [1.29, 1.82) is 0 Å². The largest absolute Gasteiger partial charge is 0.371 e. The molecule has 4 heterocycles. The second kappa shape index (κ2) is 6.95. The van der Waals surface area contributed by atoms with Crippen molar-refractivity contribution >= 4 is 11.9 Å². The van der Waals surface area contributed by atoms with Crippen LogP contribution < -0.4 is 4.90 Å². The minimum Gasteiger partial charge on any atom is -0.371 e. The standard InChI is InChI=1S/C18H20FN5O2/c19-15-11-21-17(22-12-15)23-6-3-18(4-7-23)13-24(8-9-26-18)16(25)14-2-1-5-20-10-14/h1-2,5,10-12H,3-4,6-9,13H2. The van der Waals surface area contributed by atoms with Crippen LogP contribution in [0.2, 0.25) is 0 Å². The van der Waals surface area contributed by atoms with E-state index in [4.69, 9.17) is 4.74 Å². The number of hydrogen-bond donors (Lipinski definition) is 0. The number of morpholine rings is 1. The predicted molar refractivity (Wildman–Crippen MR) is 92.3 cm³/mol. The van der Waals surface area contributed by atoms with Crippen LogP contribution in [0.1, 0.15) is 23.2 Å². The highest BCUT2D eigenvalue weighted by Gasteiger charge is 2.41. The van der Waals surface area contributed by atoms with Gasteiger partial charge in [-0.1, -0.05) is 0 Å². The molecule has 0 aliphatic carbocycles. The van der Waals surface area contributed by atoms with Gasteiger partial charge in [-0.05, 0) is 25.0 Å². The van der Waals surface area contributed by atoms with Crippen molar-refractivity contribution in [2.24, 2.45) is 0 Å². The third kappa shape index (κ3) is 3.37. The molecule has 2 fully saturated rings. The van der Waals surface area contributed by atoms with Gasteiger partial charge in [0.25, 0.3) is 5.91 Å². The van der Waals surface area contributed by atoms with Crippen molar-refractivity contribution in [3.63, 3.8) is 0 Å². The Hall–Kier alpha value is -2.61. The Bertz CT molecular complexity index is 763. The predicted octanol–water partition coefficient (Wildman–Crippen LogP) is 1.52. The van der Waals surface area contributed by atoms with E-state index in [1.54, 1.807) is 24.5 Å². The number of rotatable bonds is 2. The molecule has 0 aromatic carbocycles. The van der Waals surface area contributed by atoms with Crippen LogP contribution in [-0.4, -0.2) is 64.1 Å². The van der Waals surface area contributed by atoms with Crippen LogP contribution in [0.3, 0.4) is 0 Å². The Balaban J connectivity index is 1.42. The Kier molecular flexibility index (Phi) is 4.50. The minimum atomic E-state index is -0.442. The molecule has 2 aromatic rings. The summed E-state index contributed by atoms with van der Waals surface area (Å²) in [6.45, 7) is 3.10. The summed E-state index contributed by atoms with van der Waals surface area (Å²) in [5, 5.41) is 0. The smallest absolute Gasteiger partial charge is 0.255 e. The Morgan fingerprint density at radius 1 is 1.15 bits per heavy atom. The quantitative estimate of drug-likeness (QED) is 0.812. The summed E-state index contributed by atoms with van der Waals surface area (Å²) in [6, 6.07) is 3.55. The number of ether oxygens (including phenoxy) is 1. The number of anilines is 1. The van der Waals surface area contributed by atoms with Gasteiger partial charge in [-0.3, -0.25) is 9.78 Å². The van der Waals surface area contributed by atoms with E-state index in [0.717, 1.165) is 12.8 Å². The molecule has 1 amide bonds. The normalized spacial score (nSPS) is 19.6. The minimum absolute atomic E-state index is 0.00919. The van der Waals surface area contributed by atoms with Crippen LogP contribution in [0.5, 0.6) is 0 Å². The van der Waals surface area contributed by atoms with Gasteiger partial charge in [0, 0.05) is 32.0 Å². The maximum atomic E-state index is 13.0. The van der Waals surface area contributed by atoms with E-state index in [2.05, 4.69) is 15.0 Å². The van der Waals surface area contributed by atoms with Crippen LogP contribution >= 0.6 is 0 Å². The highest BCUT2D eigenvalue weighted by Crippen LogP contribution is 2.31. The number of piperidine rings is 1. The first kappa shape index (κ1) is 16.8. The van der Waals surface area contributed by atoms with Gasteiger partial charge in [-0.15, -0.1) is 0 Å². The number of nitrogens with zero attached hydrogens (tertiary/aromatic N) is 5. The fraction of sp³-hybridized carbons (Fsp3) is 0.444. The van der Waals surface area contributed by atoms with Gasteiger partial charge in [0.2, 0.25) is 5.95 Å². The van der Waals surface area contributed by atoms with E-state index >= 15 is 0 Å². The maximum Gasteiger partial charge on any atom is 0.255 e. The summed E-state index contributed by atoms with van der Waals surface area (Å²) in [4.78, 5) is 28.7. The molecule has 8 heteroatoms. The first-order chi connectivity index (χ1) is 12.7. The van der Waals surface area contributed by atoms with Crippen molar-refractivity contribution in [3.05, 3.63) is 48.3 Å². The Labute approximate surface area is 150 Å². The molecule has 0 unspecified atom stereocenters. The Morgan fingerprint density at radius 3 is 2.62 bits per heavy atom. The molecule has 2 aliphatic rings. The molecule has 2 aromatic heterocycles. The zero-order valence-corrected chi connectivity index (χ0v) is 14.3. The summed E-state index contributed by atoms with van der Waals surface area (Å²) in [7, 11) is 0. The molecule has 1 spiro atoms. The molecule has 7 nitrogen and oxygen atoms in total. The molecule has 0 N–H and O–H groups in total. The van der Waals surface area contributed by atoms with Crippen LogP contribution in [0.4, 0.5) is 10.3 Å². The van der Waals surface area contributed by atoms with Gasteiger partial charge in [0.05, 0.1) is 36.7 Å². The van der Waals surface area contributed by atoms with Crippen molar-refractivity contribution in [2.45, 2.75) is 18.4 Å². The molecule has 4 rings (SSSR count). The van der Waals surface area contributed by atoms with Gasteiger partial charge in [-0.25, -0.2) is 14.4 Å². The van der Waals surface area contributed by atoms with E-state index < -0.39 is 5.82 Å². The van der Waals surface area contributed by atoms with Crippen molar-refractivity contribution in [2.75, 3.05) is 37.7 Å². The zero-order valence-electron chi connectivity index (χ0n) is 14.3. The Morgan fingerprint density at radius 2 is 1.92 bits per heavy atom. The van der Waals surface area contributed by atoms with E-state index in [1.807, 2.05) is 9.80 Å². The lowest BCUT2D eigenvalue weighted by atomic mass is 9.89. The van der Waals surface area contributed by atoms with Crippen LogP contribution in [-0.2, 0) is 4.74 Å². The zero-order chi connectivity index (χ0) is 18.0. The SMILES string of the molecule is O=C(c1cccnc1)N1CCOC2(CCN(c3ncc(F)cn3)CC2)C1. The molecule has 0 atom stereocenters. The lowest BCUT2D eigenvalue weighted by Crippen LogP contribution is -2.58. The summed E-state index contributed by atoms with van der Waals surface area (Å²) < 4.78 is 19.1. The number of halogens is 1. The van der Waals surface area contributed by atoms with Crippen LogP contribution in [0.25, 0.3) is 0 Å². The summed E-state index contributed by atoms with van der Waals surface area (Å²) in [5.74, 6) is 0.0767. The van der Waals surface area contributed by atoms with Gasteiger partial charge < -0.3 is 14.5 Å². The summed E-state index contributed by atoms with van der Waals surface area (Å²) in [5.41, 5.74) is 0.258. The van der Waals surface area contributed by atoms with E-state index in [9.17, 15) is 9.18 Å². The summed E-state index contributed by atoms with van der Waals surface area (Å²) in [6.07, 6.45) is 7.15. The monoisotopic (exact) mass is 357 g/mol. The lowest BCUT2D eigenvalue weighted by molar-refractivity contribution is -0.111. The molecular weight excluding hydrogens is 337 g/mol. The van der Waals surface area contributed by atoms with Gasteiger partial charge in [0.1, 0.15) is 0 Å². The number of amides is 1. The molecule has 2 saturated heterocycles. The van der Waals surface area contributed by atoms with Crippen molar-refractivity contribution in [3.8, 4) is 0 Å².